The summed E-state index contributed by atoms with van der Waals surface area (Å²) < 4.78 is 2.46. The summed E-state index contributed by atoms with van der Waals surface area (Å²) in [4.78, 5) is 0. The minimum Gasteiger partial charge on any atom is -0.313 e. The number of rotatable bonds is 1. The zero-order valence-corrected chi connectivity index (χ0v) is 15.7. The number of aromatic nitrogens is 1. The number of hydrogen-bond donors (Lipinski definition) is 0. The Morgan fingerprint density at radius 2 is 1.80 bits per heavy atom. The first-order valence-electron chi connectivity index (χ1n) is 9.29. The molecule has 1 nitrogen and oxygen atoms in total. The first-order chi connectivity index (χ1) is 11.9. The largest absolute Gasteiger partial charge is 0.313 e. The molecule has 1 heteroatoms. The van der Waals surface area contributed by atoms with E-state index >= 15 is 0 Å². The third-order valence-corrected chi connectivity index (χ3v) is 6.03. The van der Waals surface area contributed by atoms with Gasteiger partial charge in [0.2, 0.25) is 0 Å². The van der Waals surface area contributed by atoms with Gasteiger partial charge in [-0.3, -0.25) is 0 Å². The summed E-state index contributed by atoms with van der Waals surface area (Å²) in [7, 11) is 0. The highest BCUT2D eigenvalue weighted by atomic mass is 15.0. The van der Waals surface area contributed by atoms with Crippen molar-refractivity contribution in [2.24, 2.45) is 10.8 Å². The van der Waals surface area contributed by atoms with Gasteiger partial charge in [0.05, 0.1) is 11.2 Å². The molecule has 2 aliphatic carbocycles. The number of nitrogens with zero attached hydrogens (tertiary/aromatic N) is 1. The molecule has 1 atom stereocenters. The Kier molecular flexibility index (Phi) is 3.64. The van der Waals surface area contributed by atoms with Crippen LogP contribution >= 0.6 is 0 Å². The fourth-order valence-electron chi connectivity index (χ4n) is 3.77. The zero-order chi connectivity index (χ0) is 17.7. The highest BCUT2D eigenvalue weighted by molar-refractivity contribution is 5.97. The fraction of sp³-hybridized carbons (Fsp3) is 0.333. The summed E-state index contributed by atoms with van der Waals surface area (Å²) in [6.07, 6.45) is 18.4. The second-order valence-corrected chi connectivity index (χ2v) is 8.48. The van der Waals surface area contributed by atoms with Gasteiger partial charge in [-0.15, -0.1) is 0 Å². The predicted octanol–water partition coefficient (Wildman–Crippen LogP) is 6.92. The standard InChI is InChI=1S/C24H27N/c1-23(2,3)24(4)16-14-20-19-12-8-9-13-21(19)25(22(20)15-17-24)18-10-6-5-7-11-18/h5-6,8-10,12-17H,7,11H2,1-4H3. The summed E-state index contributed by atoms with van der Waals surface area (Å²) in [6, 6.07) is 8.78. The molecule has 0 fully saturated rings. The van der Waals surface area contributed by atoms with Crippen LogP contribution in [0, 0.1) is 10.8 Å². The van der Waals surface area contributed by atoms with Crippen LogP contribution in [0.3, 0.4) is 0 Å². The Labute approximate surface area is 151 Å². The minimum absolute atomic E-state index is 0.0405. The first kappa shape index (κ1) is 16.2. The molecule has 0 amide bonds. The molecule has 0 spiro atoms. The van der Waals surface area contributed by atoms with E-state index in [0.29, 0.717) is 0 Å². The fourth-order valence-corrected chi connectivity index (χ4v) is 3.77. The molecule has 0 saturated carbocycles. The van der Waals surface area contributed by atoms with Gasteiger partial charge in [-0.1, -0.05) is 76.3 Å². The maximum atomic E-state index is 2.46. The third-order valence-electron chi connectivity index (χ3n) is 6.03. The molecule has 0 saturated heterocycles. The van der Waals surface area contributed by atoms with Crippen LogP contribution in [0.15, 0.2) is 54.6 Å². The van der Waals surface area contributed by atoms with Crippen molar-refractivity contribution in [3.8, 4) is 0 Å². The van der Waals surface area contributed by atoms with Crippen molar-refractivity contribution < 1.29 is 0 Å². The quantitative estimate of drug-likeness (QED) is 0.535. The first-order valence-corrected chi connectivity index (χ1v) is 9.29. The number of fused-ring (bicyclic) bond motifs is 3. The van der Waals surface area contributed by atoms with Gasteiger partial charge >= 0.3 is 0 Å². The Balaban J connectivity index is 1.99. The molecule has 1 aromatic carbocycles. The van der Waals surface area contributed by atoms with E-state index in [9.17, 15) is 0 Å². The van der Waals surface area contributed by atoms with E-state index in [1.807, 2.05) is 0 Å². The lowest BCUT2D eigenvalue weighted by Gasteiger charge is -2.37. The lowest BCUT2D eigenvalue weighted by Crippen LogP contribution is -2.28. The highest BCUT2D eigenvalue weighted by Gasteiger charge is 2.34. The molecule has 2 aromatic rings. The smallest absolute Gasteiger partial charge is 0.0537 e. The third kappa shape index (κ3) is 2.54. The van der Waals surface area contributed by atoms with E-state index in [0.717, 1.165) is 12.8 Å². The van der Waals surface area contributed by atoms with Gasteiger partial charge < -0.3 is 4.57 Å². The van der Waals surface area contributed by atoms with Gasteiger partial charge in [-0.2, -0.15) is 0 Å². The Morgan fingerprint density at radius 1 is 1.04 bits per heavy atom. The summed E-state index contributed by atoms with van der Waals surface area (Å²) in [5, 5.41) is 1.34. The highest BCUT2D eigenvalue weighted by Crippen LogP contribution is 2.45. The number of hydrogen-bond acceptors (Lipinski definition) is 0. The molecule has 1 unspecified atom stereocenters. The predicted molar refractivity (Wildman–Crippen MR) is 110 cm³/mol. The maximum absolute atomic E-state index is 2.46. The van der Waals surface area contributed by atoms with Gasteiger partial charge in [-0.25, -0.2) is 0 Å². The van der Waals surface area contributed by atoms with Crippen molar-refractivity contribution in [3.63, 3.8) is 0 Å². The van der Waals surface area contributed by atoms with E-state index in [1.165, 1.54) is 27.9 Å². The van der Waals surface area contributed by atoms with Crippen LogP contribution in [-0.4, -0.2) is 4.57 Å². The lowest BCUT2D eigenvalue weighted by atomic mass is 9.68. The van der Waals surface area contributed by atoms with Crippen LogP contribution < -0.4 is 0 Å². The van der Waals surface area contributed by atoms with Crippen molar-refractivity contribution in [2.75, 3.05) is 0 Å². The minimum atomic E-state index is 0.0405. The molecule has 0 N–H and O–H groups in total. The van der Waals surface area contributed by atoms with E-state index in [2.05, 4.69) is 99.1 Å². The van der Waals surface area contributed by atoms with Crippen LogP contribution in [0.1, 0.15) is 51.8 Å². The van der Waals surface area contributed by atoms with E-state index < -0.39 is 0 Å². The topological polar surface area (TPSA) is 4.93 Å². The summed E-state index contributed by atoms with van der Waals surface area (Å²) in [6.45, 7) is 9.29. The van der Waals surface area contributed by atoms with E-state index in [4.69, 9.17) is 0 Å². The molecular weight excluding hydrogens is 302 g/mol. The van der Waals surface area contributed by atoms with Crippen LogP contribution in [0.5, 0.6) is 0 Å². The van der Waals surface area contributed by atoms with Gasteiger partial charge in [0, 0.05) is 22.1 Å². The van der Waals surface area contributed by atoms with Gasteiger partial charge in [-0.05, 0) is 36.5 Å². The normalized spacial score (nSPS) is 22.8. The van der Waals surface area contributed by atoms with Crippen LogP contribution in [0.25, 0.3) is 28.8 Å². The summed E-state index contributed by atoms with van der Waals surface area (Å²) in [5.41, 5.74) is 5.57. The summed E-state index contributed by atoms with van der Waals surface area (Å²) in [5.74, 6) is 0. The van der Waals surface area contributed by atoms with E-state index in [-0.39, 0.29) is 10.8 Å². The second kappa shape index (κ2) is 5.62. The SMILES string of the molecule is CC(C)(C)C1(C)C=Cc2c(n(C3=CC=CCC3)c3ccccc23)C=C1. The molecule has 0 bridgehead atoms. The van der Waals surface area contributed by atoms with Gasteiger partial charge in [0.1, 0.15) is 0 Å². The Morgan fingerprint density at radius 3 is 2.52 bits per heavy atom. The average molecular weight is 329 g/mol. The van der Waals surface area contributed by atoms with Gasteiger partial charge in [0.15, 0.2) is 0 Å². The van der Waals surface area contributed by atoms with Crippen molar-refractivity contribution in [1.82, 2.24) is 4.57 Å². The number of allylic oxidation sites excluding steroid dienone is 6. The molecule has 2 aliphatic rings. The van der Waals surface area contributed by atoms with Crippen molar-refractivity contribution >= 4 is 28.8 Å². The number of para-hydroxylation sites is 1. The molecule has 4 rings (SSSR count). The summed E-state index contributed by atoms with van der Waals surface area (Å²) >= 11 is 0. The zero-order valence-electron chi connectivity index (χ0n) is 15.7. The molecule has 0 radical (unpaired) electrons. The second-order valence-electron chi connectivity index (χ2n) is 8.48. The Hall–Kier alpha value is -2.28. The van der Waals surface area contributed by atoms with Crippen LogP contribution in [0.2, 0.25) is 0 Å². The van der Waals surface area contributed by atoms with Gasteiger partial charge in [0.25, 0.3) is 0 Å². The van der Waals surface area contributed by atoms with Crippen LogP contribution in [-0.2, 0) is 0 Å². The molecule has 25 heavy (non-hydrogen) atoms. The Bertz CT molecular complexity index is 940. The maximum Gasteiger partial charge on any atom is 0.0537 e. The molecule has 0 aliphatic heterocycles. The van der Waals surface area contributed by atoms with Crippen LogP contribution in [0.4, 0.5) is 0 Å². The molecule has 1 aromatic heterocycles. The van der Waals surface area contributed by atoms with E-state index in [1.54, 1.807) is 0 Å². The molecule has 1 heterocycles. The average Bonchev–Trinajstić information content (AvgIpc) is 2.80. The number of benzene rings is 1. The van der Waals surface area contributed by atoms with Crippen molar-refractivity contribution in [2.45, 2.75) is 40.5 Å². The molecular formula is C24H27N. The van der Waals surface area contributed by atoms with Crippen molar-refractivity contribution in [1.29, 1.82) is 0 Å². The molecule has 128 valence electrons. The lowest BCUT2D eigenvalue weighted by molar-refractivity contribution is 0.230. The monoisotopic (exact) mass is 329 g/mol. The van der Waals surface area contributed by atoms with Crippen molar-refractivity contribution in [3.05, 3.63) is 65.9 Å².